The summed E-state index contributed by atoms with van der Waals surface area (Å²) in [5, 5.41) is 5.54. The van der Waals surface area contributed by atoms with E-state index < -0.39 is 11.6 Å². The average Bonchev–Trinajstić information content (AvgIpc) is 3.11. The lowest BCUT2D eigenvalue weighted by Crippen LogP contribution is -2.53. The smallest absolute Gasteiger partial charge is 0.410 e. The Hall–Kier alpha value is -3.35. The van der Waals surface area contributed by atoms with Crippen LogP contribution in [0.4, 0.5) is 16.2 Å². The number of likely N-dealkylation sites (tertiary alicyclic amines) is 1. The molecule has 1 aliphatic rings. The first-order valence-electron chi connectivity index (χ1n) is 9.56. The van der Waals surface area contributed by atoms with Crippen LogP contribution in [-0.4, -0.2) is 34.9 Å². The molecule has 0 spiro atoms. The summed E-state index contributed by atoms with van der Waals surface area (Å²) in [5.74, 6) is -0.427. The molecule has 1 heterocycles. The van der Waals surface area contributed by atoms with E-state index in [0.717, 1.165) is 12.0 Å². The van der Waals surface area contributed by atoms with Crippen LogP contribution >= 0.6 is 0 Å². The van der Waals surface area contributed by atoms with Gasteiger partial charge in [0.1, 0.15) is 12.1 Å². The molecule has 0 saturated carbocycles. The molecule has 0 radical (unpaired) electrons. The molecular formula is C22H25N3O4. The molecule has 1 atom stereocenters. The van der Waals surface area contributed by atoms with Crippen LogP contribution in [0.25, 0.3) is 0 Å². The number of carbonyl (C=O) groups excluding carboxylic acids is 3. The number of carbonyl (C=O) groups is 3. The Morgan fingerprint density at radius 1 is 1.00 bits per heavy atom. The highest BCUT2D eigenvalue weighted by molar-refractivity contribution is 6.00. The van der Waals surface area contributed by atoms with E-state index >= 15 is 0 Å². The highest BCUT2D eigenvalue weighted by Gasteiger charge is 2.46. The summed E-state index contributed by atoms with van der Waals surface area (Å²) in [7, 11) is 0. The SMILES string of the molecule is CC(=O)Nc1ccc(NC(=O)C2(C)CCCN2C(=O)OCc2ccccc2)cc1. The van der Waals surface area contributed by atoms with Crippen molar-refractivity contribution in [3.63, 3.8) is 0 Å². The Kier molecular flexibility index (Phi) is 6.16. The summed E-state index contributed by atoms with van der Waals surface area (Å²) < 4.78 is 5.43. The van der Waals surface area contributed by atoms with Gasteiger partial charge in [-0.1, -0.05) is 30.3 Å². The van der Waals surface area contributed by atoms with Crippen LogP contribution in [0.3, 0.4) is 0 Å². The molecule has 2 N–H and O–H groups in total. The van der Waals surface area contributed by atoms with Crippen molar-refractivity contribution in [1.82, 2.24) is 4.90 Å². The monoisotopic (exact) mass is 395 g/mol. The lowest BCUT2D eigenvalue weighted by molar-refractivity contribution is -0.125. The van der Waals surface area contributed by atoms with Crippen molar-refractivity contribution < 1.29 is 19.1 Å². The fourth-order valence-electron chi connectivity index (χ4n) is 3.40. The van der Waals surface area contributed by atoms with E-state index in [0.29, 0.717) is 24.3 Å². The fourth-order valence-corrected chi connectivity index (χ4v) is 3.40. The molecule has 1 fully saturated rings. The van der Waals surface area contributed by atoms with Gasteiger partial charge in [0.2, 0.25) is 11.8 Å². The minimum Gasteiger partial charge on any atom is -0.445 e. The van der Waals surface area contributed by atoms with Gasteiger partial charge in [0, 0.05) is 24.8 Å². The third-order valence-electron chi connectivity index (χ3n) is 5.02. The van der Waals surface area contributed by atoms with Crippen molar-refractivity contribution in [2.45, 2.75) is 38.8 Å². The van der Waals surface area contributed by atoms with Crippen LogP contribution in [0.5, 0.6) is 0 Å². The maximum Gasteiger partial charge on any atom is 0.410 e. The summed E-state index contributed by atoms with van der Waals surface area (Å²) in [4.78, 5) is 38.2. The number of ether oxygens (including phenoxy) is 1. The van der Waals surface area contributed by atoms with Gasteiger partial charge in [0.05, 0.1) is 0 Å². The number of anilines is 2. The lowest BCUT2D eigenvalue weighted by atomic mass is 9.98. The molecule has 152 valence electrons. The number of nitrogens with one attached hydrogen (secondary N) is 2. The molecule has 1 unspecified atom stereocenters. The summed E-state index contributed by atoms with van der Waals surface area (Å²) in [6.07, 6.45) is 0.791. The van der Waals surface area contributed by atoms with Gasteiger partial charge < -0.3 is 15.4 Å². The third-order valence-corrected chi connectivity index (χ3v) is 5.02. The number of amides is 3. The molecule has 1 saturated heterocycles. The molecular weight excluding hydrogens is 370 g/mol. The van der Waals surface area contributed by atoms with Crippen LogP contribution in [0.15, 0.2) is 54.6 Å². The van der Waals surface area contributed by atoms with Crippen molar-refractivity contribution in [2.24, 2.45) is 0 Å². The molecule has 0 bridgehead atoms. The fraction of sp³-hybridized carbons (Fsp3) is 0.318. The second-order valence-corrected chi connectivity index (χ2v) is 7.28. The Morgan fingerprint density at radius 3 is 2.24 bits per heavy atom. The van der Waals surface area contributed by atoms with E-state index in [1.807, 2.05) is 30.3 Å². The second kappa shape index (κ2) is 8.77. The summed E-state index contributed by atoms with van der Waals surface area (Å²) >= 11 is 0. The van der Waals surface area contributed by atoms with E-state index in [4.69, 9.17) is 4.74 Å². The van der Waals surface area contributed by atoms with Crippen molar-refractivity contribution in [2.75, 3.05) is 17.2 Å². The first-order valence-corrected chi connectivity index (χ1v) is 9.56. The molecule has 0 aliphatic carbocycles. The average molecular weight is 395 g/mol. The van der Waals surface area contributed by atoms with Gasteiger partial charge in [-0.3, -0.25) is 14.5 Å². The Balaban J connectivity index is 1.63. The third kappa shape index (κ3) is 4.93. The Labute approximate surface area is 170 Å². The molecule has 29 heavy (non-hydrogen) atoms. The van der Waals surface area contributed by atoms with Gasteiger partial charge in [0.25, 0.3) is 0 Å². The highest BCUT2D eigenvalue weighted by Crippen LogP contribution is 2.31. The highest BCUT2D eigenvalue weighted by atomic mass is 16.6. The number of hydrogen-bond acceptors (Lipinski definition) is 4. The number of nitrogens with zero attached hydrogens (tertiary/aromatic N) is 1. The van der Waals surface area contributed by atoms with Gasteiger partial charge in [0.15, 0.2) is 0 Å². The minimum absolute atomic E-state index is 0.162. The van der Waals surface area contributed by atoms with Crippen molar-refractivity contribution in [1.29, 1.82) is 0 Å². The minimum atomic E-state index is -0.982. The molecule has 2 aromatic carbocycles. The van der Waals surface area contributed by atoms with E-state index in [1.165, 1.54) is 11.8 Å². The van der Waals surface area contributed by atoms with Crippen LogP contribution < -0.4 is 10.6 Å². The Bertz CT molecular complexity index is 883. The molecule has 7 nitrogen and oxygen atoms in total. The van der Waals surface area contributed by atoms with Crippen LogP contribution in [0, 0.1) is 0 Å². The first kappa shape index (κ1) is 20.4. The molecule has 1 aliphatic heterocycles. The van der Waals surface area contributed by atoms with E-state index in [1.54, 1.807) is 31.2 Å². The summed E-state index contributed by atoms with van der Waals surface area (Å²) in [6.45, 7) is 3.82. The molecule has 3 amide bonds. The first-order chi connectivity index (χ1) is 13.9. The summed E-state index contributed by atoms with van der Waals surface area (Å²) in [5.41, 5.74) is 1.15. The van der Waals surface area contributed by atoms with Gasteiger partial charge in [-0.05, 0) is 49.6 Å². The van der Waals surface area contributed by atoms with Crippen LogP contribution in [0.2, 0.25) is 0 Å². The standard InChI is InChI=1S/C22H25N3O4/c1-16(26)23-18-9-11-19(12-10-18)24-20(27)22(2)13-6-14-25(22)21(28)29-15-17-7-4-3-5-8-17/h3-5,7-12H,6,13-15H2,1-2H3,(H,23,26)(H,24,27). The van der Waals surface area contributed by atoms with Crippen LogP contribution in [0.1, 0.15) is 32.3 Å². The van der Waals surface area contributed by atoms with Crippen molar-refractivity contribution in [3.05, 3.63) is 60.2 Å². The van der Waals surface area contributed by atoms with Gasteiger partial charge >= 0.3 is 6.09 Å². The molecule has 3 rings (SSSR count). The number of benzene rings is 2. The zero-order valence-corrected chi connectivity index (χ0v) is 16.6. The van der Waals surface area contributed by atoms with Gasteiger partial charge in [-0.2, -0.15) is 0 Å². The molecule has 2 aromatic rings. The summed E-state index contributed by atoms with van der Waals surface area (Å²) in [6, 6.07) is 16.3. The maximum absolute atomic E-state index is 13.0. The predicted octanol–water partition coefficient (Wildman–Crippen LogP) is 3.77. The van der Waals surface area contributed by atoms with Gasteiger partial charge in [-0.25, -0.2) is 4.79 Å². The van der Waals surface area contributed by atoms with E-state index in [9.17, 15) is 14.4 Å². The lowest BCUT2D eigenvalue weighted by Gasteiger charge is -2.33. The topological polar surface area (TPSA) is 87.7 Å². The second-order valence-electron chi connectivity index (χ2n) is 7.28. The quantitative estimate of drug-likeness (QED) is 0.807. The van der Waals surface area contributed by atoms with E-state index in [-0.39, 0.29) is 18.4 Å². The Morgan fingerprint density at radius 2 is 1.62 bits per heavy atom. The predicted molar refractivity (Wildman–Crippen MR) is 110 cm³/mol. The van der Waals surface area contributed by atoms with E-state index in [2.05, 4.69) is 10.6 Å². The molecule has 7 heteroatoms. The maximum atomic E-state index is 13.0. The largest absolute Gasteiger partial charge is 0.445 e. The number of rotatable bonds is 5. The molecule has 0 aromatic heterocycles. The van der Waals surface area contributed by atoms with Gasteiger partial charge in [-0.15, -0.1) is 0 Å². The number of hydrogen-bond donors (Lipinski definition) is 2. The van der Waals surface area contributed by atoms with Crippen LogP contribution in [-0.2, 0) is 20.9 Å². The normalized spacial score (nSPS) is 18.2. The van der Waals surface area contributed by atoms with Crippen molar-refractivity contribution >= 4 is 29.3 Å². The van der Waals surface area contributed by atoms with Crippen molar-refractivity contribution in [3.8, 4) is 0 Å². The zero-order valence-electron chi connectivity index (χ0n) is 16.6. The zero-order chi connectivity index (χ0) is 20.9.